The number of guanidine groups is 1. The number of hydrazone groups is 1. The van der Waals surface area contributed by atoms with Crippen LogP contribution in [0.25, 0.3) is 0 Å². The molecule has 6 atom stereocenters. The number of carbonyl (C=O) groups excluding carboxylic acids is 3. The second-order valence-corrected chi connectivity index (χ2v) is 18.4. The lowest BCUT2D eigenvalue weighted by molar-refractivity contribution is -0.259. The number of aliphatic hydroxyl groups is 3. The van der Waals surface area contributed by atoms with E-state index in [4.69, 9.17) is 52.5 Å². The van der Waals surface area contributed by atoms with Crippen LogP contribution in [0, 0.1) is 0 Å². The molecular weight excluding hydrogens is 1030 g/mol. The second kappa shape index (κ2) is 23.7. The van der Waals surface area contributed by atoms with Gasteiger partial charge in [-0.25, -0.2) is 15.2 Å². The first kappa shape index (κ1) is 56.4. The van der Waals surface area contributed by atoms with Gasteiger partial charge < -0.3 is 71.7 Å². The number of alkyl halides is 3. The van der Waals surface area contributed by atoms with Crippen LogP contribution in [0.4, 0.5) is 18.9 Å². The normalized spacial score (nSPS) is 22.4. The third-order valence-electron chi connectivity index (χ3n) is 13.1. The SMILES string of the molecule is COc1cccc2c1C(=O)c1c(O)c3c(c(O)c1C2=O)C[C@@](O)(/C(CO)=N/NC(=O)c1ccc(CNC(=S)Nc2ccc(CN=C(N)N)cc2)cc1)CC3O[C@H]1C[C@H](N2CCOCC2)[C@H](O)[C@H](C)O1.O=C(O)C(F)(F)F. The Labute approximate surface area is 437 Å². The van der Waals surface area contributed by atoms with Crippen LogP contribution in [0.3, 0.4) is 0 Å². The van der Waals surface area contributed by atoms with Crippen molar-refractivity contribution in [3.63, 3.8) is 0 Å². The fraction of sp³-hybridized carbons (Fsp3) is 0.380. The average molecular weight is 1080 g/mol. The summed E-state index contributed by atoms with van der Waals surface area (Å²) in [7, 11) is 1.33. The standard InChI is InChI=1S/C48H54N8O12S.C2HF3O2/c1-24-40(58)31(56-14-16-66-17-15-56)18-35(67-24)68-33-20-48(64,19-30-37(33)44(62)39-38(42(30)60)41(59)29-4-3-5-32(65-2)36(29)43(39)61)34(23-57)54-55-45(63)27-10-6-25(7-11-27)22-52-47(69)53-28-12-8-26(9-13-28)21-51-46(49)50;3-2(4,5)1(6)7/h3-13,24,31,33,35,40,57-58,60,62,64H,14-23H2,1-2H3,(H,55,63)(H4,49,50,51)(H2,52,53,69);(H,6,7)/b54-34+;/t24-,31-,33?,35-,40+,48-;/m0./s1. The molecule has 1 unspecified atom stereocenters. The number of carbonyl (C=O) groups is 4. The summed E-state index contributed by atoms with van der Waals surface area (Å²) >= 11 is 5.45. The maximum Gasteiger partial charge on any atom is 0.490 e. The van der Waals surface area contributed by atoms with Crippen LogP contribution < -0.4 is 32.3 Å². The van der Waals surface area contributed by atoms with Crippen LogP contribution in [0.15, 0.2) is 76.8 Å². The number of halogens is 3. The number of nitrogens with zero attached hydrogens (tertiary/aromatic N) is 3. The number of nitrogens with two attached hydrogens (primary N) is 2. The Morgan fingerprint density at radius 3 is 2.22 bits per heavy atom. The molecule has 8 rings (SSSR count). The number of carboxylic acid groups (broad SMARTS) is 1. The minimum atomic E-state index is -5.08. The van der Waals surface area contributed by atoms with Gasteiger partial charge in [-0.2, -0.15) is 18.3 Å². The first-order valence-corrected chi connectivity index (χ1v) is 23.9. The lowest BCUT2D eigenvalue weighted by atomic mass is 9.71. The lowest BCUT2D eigenvalue weighted by Crippen LogP contribution is -2.58. The molecule has 4 aromatic carbocycles. The number of hydrogen-bond donors (Lipinski definition) is 11. The number of methoxy groups -OCH3 is 1. The zero-order chi connectivity index (χ0) is 55.2. The summed E-state index contributed by atoms with van der Waals surface area (Å²) in [5.41, 5.74) is 12.0. The van der Waals surface area contributed by atoms with Gasteiger partial charge in [0.1, 0.15) is 22.8 Å². The number of hydrogen-bond acceptors (Lipinski definition) is 17. The number of nitrogens with one attached hydrogen (secondary N) is 3. The number of rotatable bonds is 13. The number of anilines is 1. The van der Waals surface area contributed by atoms with Crippen LogP contribution in [-0.4, -0.2) is 152 Å². The molecule has 22 nitrogen and oxygen atoms in total. The number of phenolic OH excluding ortho intramolecular Hbond substituents is 2. The summed E-state index contributed by atoms with van der Waals surface area (Å²) in [5.74, 6) is -6.27. The zero-order valence-electron chi connectivity index (χ0n) is 40.8. The van der Waals surface area contributed by atoms with Crippen molar-refractivity contribution >= 4 is 58.1 Å². The number of aliphatic imine (C=N–C) groups is 1. The van der Waals surface area contributed by atoms with E-state index < -0.39 is 108 Å². The van der Waals surface area contributed by atoms with Crippen molar-refractivity contribution < 1.29 is 81.9 Å². The van der Waals surface area contributed by atoms with Gasteiger partial charge in [0, 0.05) is 72.9 Å². The number of aliphatic hydroxyl groups excluding tert-OH is 2. The molecule has 406 valence electrons. The van der Waals surface area contributed by atoms with E-state index >= 15 is 0 Å². The Morgan fingerprint density at radius 1 is 0.961 bits per heavy atom. The number of ether oxygens (including phenoxy) is 4. The van der Waals surface area contributed by atoms with Gasteiger partial charge in [0.05, 0.1) is 74.2 Å². The van der Waals surface area contributed by atoms with E-state index in [1.165, 1.54) is 25.3 Å². The molecule has 0 radical (unpaired) electrons. The van der Waals surface area contributed by atoms with Gasteiger partial charge in [-0.1, -0.05) is 36.4 Å². The van der Waals surface area contributed by atoms with Crippen molar-refractivity contribution in [2.45, 2.75) is 81.7 Å². The van der Waals surface area contributed by atoms with Crippen LogP contribution in [0.2, 0.25) is 0 Å². The Bertz CT molecular complexity index is 2920. The Hall–Kier alpha value is -7.30. The molecule has 76 heavy (non-hydrogen) atoms. The molecule has 4 aromatic rings. The highest BCUT2D eigenvalue weighted by molar-refractivity contribution is 7.80. The molecule has 2 aliphatic carbocycles. The van der Waals surface area contributed by atoms with Gasteiger partial charge in [0.15, 0.2) is 23.1 Å². The maximum atomic E-state index is 14.2. The minimum absolute atomic E-state index is 0.00522. The predicted molar refractivity (Wildman–Crippen MR) is 269 cm³/mol. The number of phenols is 2. The predicted octanol–water partition coefficient (Wildman–Crippen LogP) is 2.49. The largest absolute Gasteiger partial charge is 0.507 e. The molecule has 0 bridgehead atoms. The van der Waals surface area contributed by atoms with Crippen molar-refractivity contribution in [2.24, 2.45) is 21.6 Å². The minimum Gasteiger partial charge on any atom is -0.507 e. The number of amides is 1. The van der Waals surface area contributed by atoms with Crippen LogP contribution in [0.5, 0.6) is 17.2 Å². The molecule has 26 heteroatoms. The van der Waals surface area contributed by atoms with E-state index in [1.54, 1.807) is 31.2 Å². The molecule has 2 aliphatic heterocycles. The first-order valence-electron chi connectivity index (χ1n) is 23.5. The van der Waals surface area contributed by atoms with Crippen molar-refractivity contribution in [1.82, 2.24) is 15.6 Å². The smallest absolute Gasteiger partial charge is 0.490 e. The van der Waals surface area contributed by atoms with Crippen molar-refractivity contribution in [3.05, 3.63) is 117 Å². The molecule has 1 amide bonds. The van der Waals surface area contributed by atoms with Crippen LogP contribution in [0.1, 0.15) is 90.3 Å². The lowest BCUT2D eigenvalue weighted by Gasteiger charge is -2.46. The highest BCUT2D eigenvalue weighted by Gasteiger charge is 2.50. The highest BCUT2D eigenvalue weighted by atomic mass is 32.1. The van der Waals surface area contributed by atoms with E-state index in [-0.39, 0.29) is 51.7 Å². The number of ketones is 2. The summed E-state index contributed by atoms with van der Waals surface area (Å²) in [6.07, 6.45) is -9.99. The number of fused-ring (bicyclic) bond motifs is 3. The van der Waals surface area contributed by atoms with Gasteiger partial charge in [-0.3, -0.25) is 19.3 Å². The van der Waals surface area contributed by atoms with Gasteiger partial charge in [-0.05, 0) is 60.6 Å². The third kappa shape index (κ3) is 12.5. The third-order valence-corrected chi connectivity index (χ3v) is 13.4. The molecule has 2 heterocycles. The van der Waals surface area contributed by atoms with Crippen molar-refractivity contribution in [1.29, 1.82) is 0 Å². The topological polar surface area (TPSA) is 343 Å². The molecular formula is C50H55F3N8O14S. The van der Waals surface area contributed by atoms with E-state index in [0.717, 1.165) is 16.8 Å². The zero-order valence-corrected chi connectivity index (χ0v) is 41.6. The summed E-state index contributed by atoms with van der Waals surface area (Å²) in [5, 5.41) is 76.6. The number of thiocarbonyl (C=S) groups is 1. The summed E-state index contributed by atoms with van der Waals surface area (Å²) in [4.78, 5) is 56.8. The van der Waals surface area contributed by atoms with E-state index in [1.807, 2.05) is 24.3 Å². The molecule has 2 saturated heterocycles. The average Bonchev–Trinajstić information content (AvgIpc) is 3.42. The Morgan fingerprint density at radius 2 is 1.61 bits per heavy atom. The molecule has 13 N–H and O–H groups in total. The Kier molecular flexibility index (Phi) is 17.6. The monoisotopic (exact) mass is 1080 g/mol. The molecule has 0 saturated carbocycles. The second-order valence-electron chi connectivity index (χ2n) is 18.0. The number of aliphatic carboxylic acids is 1. The van der Waals surface area contributed by atoms with E-state index in [0.29, 0.717) is 44.5 Å². The van der Waals surface area contributed by atoms with Gasteiger partial charge >= 0.3 is 12.1 Å². The summed E-state index contributed by atoms with van der Waals surface area (Å²) < 4.78 is 55.4. The summed E-state index contributed by atoms with van der Waals surface area (Å²) in [6, 6.07) is 17.9. The number of benzene rings is 4. The maximum absolute atomic E-state index is 14.2. The Balaban J connectivity index is 0.00000112. The van der Waals surface area contributed by atoms with Gasteiger partial charge in [-0.15, -0.1) is 0 Å². The van der Waals surface area contributed by atoms with Gasteiger partial charge in [0.2, 0.25) is 5.78 Å². The van der Waals surface area contributed by atoms with E-state index in [2.05, 4.69) is 31.1 Å². The summed E-state index contributed by atoms with van der Waals surface area (Å²) in [6.45, 7) is 3.50. The van der Waals surface area contributed by atoms with Crippen molar-refractivity contribution in [3.8, 4) is 17.2 Å². The molecule has 0 aromatic heterocycles. The molecule has 0 spiro atoms. The first-order chi connectivity index (χ1) is 36.0. The fourth-order valence-electron chi connectivity index (χ4n) is 9.30. The van der Waals surface area contributed by atoms with Crippen molar-refractivity contribution in [2.75, 3.05) is 45.3 Å². The fourth-order valence-corrected chi connectivity index (χ4v) is 9.49. The number of morpholine rings is 1. The highest BCUT2D eigenvalue weighted by Crippen LogP contribution is 2.53. The van der Waals surface area contributed by atoms with Crippen LogP contribution in [-0.2, 0) is 38.5 Å². The molecule has 4 aliphatic rings. The van der Waals surface area contributed by atoms with Crippen LogP contribution >= 0.6 is 12.2 Å². The quantitative estimate of drug-likeness (QED) is 0.0265. The van der Waals surface area contributed by atoms with E-state index in [9.17, 15) is 53.1 Å². The molecule has 2 fully saturated rings. The number of carboxylic acids is 1. The number of aromatic hydroxyl groups is 2. The van der Waals surface area contributed by atoms with Gasteiger partial charge in [0.25, 0.3) is 5.91 Å².